The Balaban J connectivity index is 2.37. The quantitative estimate of drug-likeness (QED) is 0.785. The van der Waals surface area contributed by atoms with E-state index >= 15 is 0 Å². The van der Waals surface area contributed by atoms with Crippen molar-refractivity contribution >= 4 is 39.1 Å². The molecular weight excluding hydrogens is 389 g/mol. The number of anilines is 2. The number of benzene rings is 2. The van der Waals surface area contributed by atoms with E-state index in [4.69, 9.17) is 0 Å². The Morgan fingerprint density at radius 1 is 1.04 bits per heavy atom. The van der Waals surface area contributed by atoms with E-state index in [1.54, 1.807) is 18.2 Å². The normalized spacial score (nSPS) is 11.0. The Morgan fingerprint density at radius 3 is 2.29 bits per heavy atom. The van der Waals surface area contributed by atoms with Gasteiger partial charge in [-0.3, -0.25) is 9.59 Å². The van der Waals surface area contributed by atoms with Crippen LogP contribution < -0.4 is 10.6 Å². The average molecular weight is 401 g/mol. The summed E-state index contributed by atoms with van der Waals surface area (Å²) < 4.78 is 40.1. The summed E-state index contributed by atoms with van der Waals surface area (Å²) in [5, 5.41) is 4.53. The van der Waals surface area contributed by atoms with Gasteiger partial charge in [-0.25, -0.2) is 0 Å². The molecule has 0 saturated carbocycles. The van der Waals surface area contributed by atoms with Gasteiger partial charge in [0.25, 0.3) is 5.91 Å². The van der Waals surface area contributed by atoms with E-state index in [1.807, 2.05) is 0 Å². The van der Waals surface area contributed by atoms with Crippen molar-refractivity contribution in [3.8, 4) is 0 Å². The zero-order chi connectivity index (χ0) is 17.9. The first kappa shape index (κ1) is 18.0. The number of carbonyl (C=O) groups excluding carboxylic acids is 2. The molecule has 0 aliphatic rings. The van der Waals surface area contributed by atoms with Crippen LogP contribution in [0.15, 0.2) is 46.9 Å². The lowest BCUT2D eigenvalue weighted by Gasteiger charge is -2.16. The van der Waals surface area contributed by atoms with Gasteiger partial charge in [0, 0.05) is 17.1 Å². The van der Waals surface area contributed by atoms with Crippen LogP contribution in [0.1, 0.15) is 22.8 Å². The van der Waals surface area contributed by atoms with Gasteiger partial charge in [0.2, 0.25) is 5.91 Å². The van der Waals surface area contributed by atoms with Crippen molar-refractivity contribution in [1.29, 1.82) is 0 Å². The maximum atomic E-state index is 13.2. The summed E-state index contributed by atoms with van der Waals surface area (Å²) in [6.45, 7) is 1.19. The van der Waals surface area contributed by atoms with E-state index in [0.717, 1.165) is 12.1 Å². The zero-order valence-electron chi connectivity index (χ0n) is 12.4. The minimum atomic E-state index is -4.69. The second kappa shape index (κ2) is 7.04. The fourth-order valence-electron chi connectivity index (χ4n) is 2.00. The summed E-state index contributed by atoms with van der Waals surface area (Å²) in [4.78, 5) is 23.2. The molecule has 0 aliphatic carbocycles. The van der Waals surface area contributed by atoms with Crippen LogP contribution in [-0.4, -0.2) is 11.8 Å². The fourth-order valence-corrected chi connectivity index (χ4v) is 2.47. The predicted molar refractivity (Wildman–Crippen MR) is 87.8 cm³/mol. The van der Waals surface area contributed by atoms with Gasteiger partial charge in [-0.2, -0.15) is 13.2 Å². The second-order valence-electron chi connectivity index (χ2n) is 4.87. The number of rotatable bonds is 3. The van der Waals surface area contributed by atoms with E-state index in [9.17, 15) is 22.8 Å². The van der Waals surface area contributed by atoms with E-state index < -0.39 is 29.2 Å². The summed E-state index contributed by atoms with van der Waals surface area (Å²) >= 11 is 3.18. The molecule has 0 atom stereocenters. The van der Waals surface area contributed by atoms with Crippen molar-refractivity contribution < 1.29 is 22.8 Å². The summed E-state index contributed by atoms with van der Waals surface area (Å²) in [6, 6.07) is 9.54. The first-order chi connectivity index (χ1) is 11.2. The van der Waals surface area contributed by atoms with Crippen molar-refractivity contribution in [3.05, 3.63) is 58.1 Å². The molecule has 2 aromatic rings. The molecule has 0 unspecified atom stereocenters. The molecule has 24 heavy (non-hydrogen) atoms. The highest BCUT2D eigenvalue weighted by Gasteiger charge is 2.34. The van der Waals surface area contributed by atoms with Crippen molar-refractivity contribution in [1.82, 2.24) is 0 Å². The third-order valence-corrected chi connectivity index (χ3v) is 3.70. The van der Waals surface area contributed by atoms with Gasteiger partial charge in [-0.1, -0.05) is 12.1 Å². The number of alkyl halides is 3. The molecule has 2 aromatic carbocycles. The SMILES string of the molecule is CC(=O)Nc1ccc(NC(=O)c2ccccc2Br)c(C(F)(F)F)c1. The summed E-state index contributed by atoms with van der Waals surface area (Å²) in [6.07, 6.45) is -4.69. The molecule has 4 nitrogen and oxygen atoms in total. The molecule has 2 N–H and O–H groups in total. The van der Waals surface area contributed by atoms with Gasteiger partial charge in [0.05, 0.1) is 16.8 Å². The smallest absolute Gasteiger partial charge is 0.326 e. The maximum Gasteiger partial charge on any atom is 0.418 e. The lowest BCUT2D eigenvalue weighted by molar-refractivity contribution is -0.137. The van der Waals surface area contributed by atoms with Crippen LogP contribution in [0.3, 0.4) is 0 Å². The van der Waals surface area contributed by atoms with Crippen molar-refractivity contribution in [3.63, 3.8) is 0 Å². The van der Waals surface area contributed by atoms with Crippen LogP contribution >= 0.6 is 15.9 Å². The van der Waals surface area contributed by atoms with Gasteiger partial charge in [-0.15, -0.1) is 0 Å². The van der Waals surface area contributed by atoms with Gasteiger partial charge in [0.15, 0.2) is 0 Å². The third-order valence-electron chi connectivity index (χ3n) is 3.01. The molecule has 0 spiro atoms. The van der Waals surface area contributed by atoms with Crippen LogP contribution in [-0.2, 0) is 11.0 Å². The molecule has 0 heterocycles. The number of halogens is 4. The fraction of sp³-hybridized carbons (Fsp3) is 0.125. The summed E-state index contributed by atoms with van der Waals surface area (Å²) in [5.41, 5.74) is -1.24. The van der Waals surface area contributed by atoms with Gasteiger partial charge < -0.3 is 10.6 Å². The van der Waals surface area contributed by atoms with Crippen molar-refractivity contribution in [2.45, 2.75) is 13.1 Å². The van der Waals surface area contributed by atoms with Crippen LogP contribution in [0.2, 0.25) is 0 Å². The second-order valence-corrected chi connectivity index (χ2v) is 5.73. The summed E-state index contributed by atoms with van der Waals surface area (Å²) in [7, 11) is 0. The number of hydrogen-bond donors (Lipinski definition) is 2. The molecule has 0 fully saturated rings. The Labute approximate surface area is 144 Å². The van der Waals surface area contributed by atoms with Crippen LogP contribution in [0.5, 0.6) is 0 Å². The van der Waals surface area contributed by atoms with Crippen LogP contribution in [0.4, 0.5) is 24.5 Å². The van der Waals surface area contributed by atoms with Crippen molar-refractivity contribution in [2.75, 3.05) is 10.6 Å². The van der Waals surface area contributed by atoms with E-state index in [1.165, 1.54) is 19.1 Å². The highest BCUT2D eigenvalue weighted by atomic mass is 79.9. The molecule has 0 aromatic heterocycles. The Hall–Kier alpha value is -2.35. The number of hydrogen-bond acceptors (Lipinski definition) is 2. The Bertz CT molecular complexity index is 791. The first-order valence-corrected chi connectivity index (χ1v) is 7.52. The molecule has 0 bridgehead atoms. The molecule has 126 valence electrons. The standard InChI is InChI=1S/C16H12BrF3N2O2/c1-9(23)21-10-6-7-14(12(8-10)16(18,19)20)22-15(24)11-4-2-3-5-13(11)17/h2-8H,1H3,(H,21,23)(H,22,24). The molecular formula is C16H12BrF3N2O2. The number of amides is 2. The minimum absolute atomic E-state index is 0.00582. The van der Waals surface area contributed by atoms with Crippen molar-refractivity contribution in [2.24, 2.45) is 0 Å². The molecule has 0 aliphatic heterocycles. The first-order valence-electron chi connectivity index (χ1n) is 6.73. The lowest BCUT2D eigenvalue weighted by Crippen LogP contribution is -2.17. The molecule has 0 radical (unpaired) electrons. The highest BCUT2D eigenvalue weighted by Crippen LogP contribution is 2.37. The molecule has 2 rings (SSSR count). The average Bonchev–Trinajstić information content (AvgIpc) is 2.47. The third kappa shape index (κ3) is 4.35. The Kier molecular flexibility index (Phi) is 5.28. The predicted octanol–water partition coefficient (Wildman–Crippen LogP) is 4.68. The Morgan fingerprint density at radius 2 is 1.71 bits per heavy atom. The molecule has 8 heteroatoms. The monoisotopic (exact) mass is 400 g/mol. The lowest BCUT2D eigenvalue weighted by atomic mass is 10.1. The van der Waals surface area contributed by atoms with Crippen LogP contribution in [0.25, 0.3) is 0 Å². The topological polar surface area (TPSA) is 58.2 Å². The van der Waals surface area contributed by atoms with E-state index in [-0.39, 0.29) is 11.3 Å². The largest absolute Gasteiger partial charge is 0.418 e. The van der Waals surface area contributed by atoms with Gasteiger partial charge in [0.1, 0.15) is 0 Å². The molecule has 0 saturated heterocycles. The van der Waals surface area contributed by atoms with E-state index in [0.29, 0.717) is 4.47 Å². The maximum absolute atomic E-state index is 13.2. The van der Waals surface area contributed by atoms with Gasteiger partial charge >= 0.3 is 6.18 Å². The van der Waals surface area contributed by atoms with E-state index in [2.05, 4.69) is 26.6 Å². The summed E-state index contributed by atoms with van der Waals surface area (Å²) in [5.74, 6) is -1.17. The number of carbonyl (C=O) groups is 2. The zero-order valence-corrected chi connectivity index (χ0v) is 14.0. The number of nitrogens with one attached hydrogen (secondary N) is 2. The van der Waals surface area contributed by atoms with Gasteiger partial charge in [-0.05, 0) is 46.3 Å². The minimum Gasteiger partial charge on any atom is -0.326 e. The van der Waals surface area contributed by atoms with Crippen LogP contribution in [0, 0.1) is 0 Å². The highest BCUT2D eigenvalue weighted by molar-refractivity contribution is 9.10. The molecule has 2 amide bonds.